The van der Waals surface area contributed by atoms with Gasteiger partial charge in [-0.25, -0.2) is 0 Å². The van der Waals surface area contributed by atoms with E-state index in [2.05, 4.69) is 21.7 Å². The molecule has 0 unspecified atom stereocenters. The molecule has 0 spiro atoms. The maximum atomic E-state index is 4.16. The molecule has 1 saturated carbocycles. The van der Waals surface area contributed by atoms with Crippen molar-refractivity contribution >= 4 is 0 Å². The van der Waals surface area contributed by atoms with Crippen LogP contribution in [0.5, 0.6) is 0 Å². The largest absolute Gasteiger partial charge is 0.318 e. The summed E-state index contributed by atoms with van der Waals surface area (Å²) < 4.78 is 2.15. The van der Waals surface area contributed by atoms with Gasteiger partial charge in [-0.3, -0.25) is 0 Å². The number of hydrogen-bond donors (Lipinski definition) is 0. The van der Waals surface area contributed by atoms with Crippen LogP contribution in [-0.4, -0.2) is 14.8 Å². The van der Waals surface area contributed by atoms with Crippen molar-refractivity contribution in [1.29, 1.82) is 0 Å². The molecule has 0 radical (unpaired) electrons. The summed E-state index contributed by atoms with van der Waals surface area (Å²) in [6, 6.07) is 0. The lowest BCUT2D eigenvalue weighted by atomic mass is 10.0. The van der Waals surface area contributed by atoms with Crippen molar-refractivity contribution < 1.29 is 0 Å². The first-order chi connectivity index (χ1) is 6.40. The molecule has 1 aromatic heterocycles. The third-order valence-electron chi connectivity index (χ3n) is 2.98. The minimum Gasteiger partial charge on any atom is -0.318 e. The summed E-state index contributed by atoms with van der Waals surface area (Å²) in [5, 5.41) is 8.11. The lowest BCUT2D eigenvalue weighted by Gasteiger charge is -2.08. The Morgan fingerprint density at radius 1 is 1.46 bits per heavy atom. The summed E-state index contributed by atoms with van der Waals surface area (Å²) in [4.78, 5) is 0. The first-order valence-electron chi connectivity index (χ1n) is 5.27. The second-order valence-corrected chi connectivity index (χ2v) is 3.89. The molecular formula is C10H17N3. The van der Waals surface area contributed by atoms with Gasteiger partial charge in [0.1, 0.15) is 12.2 Å². The highest BCUT2D eigenvalue weighted by molar-refractivity contribution is 4.89. The summed E-state index contributed by atoms with van der Waals surface area (Å²) >= 11 is 0. The number of rotatable bonds is 3. The summed E-state index contributed by atoms with van der Waals surface area (Å²) in [5.41, 5.74) is 0. The Balaban J connectivity index is 1.99. The highest BCUT2D eigenvalue weighted by Gasteiger charge is 2.17. The summed E-state index contributed by atoms with van der Waals surface area (Å²) in [6.45, 7) is 3.14. The van der Waals surface area contributed by atoms with E-state index < -0.39 is 0 Å². The Morgan fingerprint density at radius 2 is 2.23 bits per heavy atom. The Bertz CT molecular complexity index is 261. The quantitative estimate of drug-likeness (QED) is 0.710. The molecule has 2 rings (SSSR count). The number of aryl methyl sites for hydroxylation is 1. The Morgan fingerprint density at radius 3 is 2.92 bits per heavy atom. The van der Waals surface area contributed by atoms with Gasteiger partial charge in [0, 0.05) is 13.0 Å². The number of aromatic nitrogens is 3. The summed E-state index contributed by atoms with van der Waals surface area (Å²) in [5.74, 6) is 2.05. The van der Waals surface area contributed by atoms with Gasteiger partial charge in [-0.2, -0.15) is 0 Å². The third kappa shape index (κ3) is 1.90. The molecule has 3 heteroatoms. The average Bonchev–Trinajstić information content (AvgIpc) is 2.76. The van der Waals surface area contributed by atoms with Crippen LogP contribution in [0.3, 0.4) is 0 Å². The first kappa shape index (κ1) is 8.73. The van der Waals surface area contributed by atoms with E-state index in [1.807, 2.05) is 6.33 Å². The second kappa shape index (κ2) is 3.90. The molecule has 3 nitrogen and oxygen atoms in total. The smallest absolute Gasteiger partial charge is 0.133 e. The van der Waals surface area contributed by atoms with Crippen LogP contribution in [0.25, 0.3) is 0 Å². The van der Waals surface area contributed by atoms with E-state index in [1.165, 1.54) is 31.5 Å². The van der Waals surface area contributed by atoms with E-state index in [-0.39, 0.29) is 0 Å². The molecule has 0 N–H and O–H groups in total. The van der Waals surface area contributed by atoms with E-state index in [0.29, 0.717) is 0 Å². The third-order valence-corrected chi connectivity index (χ3v) is 2.98. The van der Waals surface area contributed by atoms with Crippen LogP contribution in [0.4, 0.5) is 0 Å². The highest BCUT2D eigenvalue weighted by atomic mass is 15.3. The van der Waals surface area contributed by atoms with Gasteiger partial charge in [0.2, 0.25) is 0 Å². The lowest BCUT2D eigenvalue weighted by molar-refractivity contribution is 0.512. The minimum absolute atomic E-state index is 0.870. The Hall–Kier alpha value is -0.860. The average molecular weight is 179 g/mol. The zero-order chi connectivity index (χ0) is 9.10. The predicted molar refractivity (Wildman–Crippen MR) is 51.4 cm³/mol. The van der Waals surface area contributed by atoms with Crippen molar-refractivity contribution in [3.05, 3.63) is 12.2 Å². The molecule has 1 aromatic rings. The number of hydrogen-bond acceptors (Lipinski definition) is 2. The molecule has 0 bridgehead atoms. The topological polar surface area (TPSA) is 30.7 Å². The molecule has 72 valence electrons. The first-order valence-corrected chi connectivity index (χ1v) is 5.27. The highest BCUT2D eigenvalue weighted by Crippen LogP contribution is 2.27. The summed E-state index contributed by atoms with van der Waals surface area (Å²) in [6.07, 6.45) is 8.56. The van der Waals surface area contributed by atoms with Crippen LogP contribution in [0.2, 0.25) is 0 Å². The van der Waals surface area contributed by atoms with Gasteiger partial charge >= 0.3 is 0 Å². The minimum atomic E-state index is 0.870. The van der Waals surface area contributed by atoms with Crippen LogP contribution in [0.15, 0.2) is 6.33 Å². The molecule has 1 fully saturated rings. The van der Waals surface area contributed by atoms with Crippen LogP contribution in [0.1, 0.15) is 38.4 Å². The van der Waals surface area contributed by atoms with Gasteiger partial charge in [-0.1, -0.05) is 25.7 Å². The van der Waals surface area contributed by atoms with Crippen molar-refractivity contribution in [1.82, 2.24) is 14.8 Å². The number of nitrogens with zero attached hydrogens (tertiary/aromatic N) is 3. The molecule has 0 amide bonds. The zero-order valence-corrected chi connectivity index (χ0v) is 8.24. The normalized spacial score (nSPS) is 18.2. The van der Waals surface area contributed by atoms with Crippen molar-refractivity contribution in [2.75, 3.05) is 0 Å². The van der Waals surface area contributed by atoms with E-state index in [0.717, 1.165) is 18.9 Å². The van der Waals surface area contributed by atoms with Crippen LogP contribution < -0.4 is 0 Å². The monoisotopic (exact) mass is 179 g/mol. The van der Waals surface area contributed by atoms with Gasteiger partial charge in [0.15, 0.2) is 0 Å². The van der Waals surface area contributed by atoms with Gasteiger partial charge in [-0.05, 0) is 12.8 Å². The van der Waals surface area contributed by atoms with Gasteiger partial charge < -0.3 is 4.57 Å². The molecule has 1 aliphatic carbocycles. The maximum absolute atomic E-state index is 4.16. The molecule has 0 aliphatic heterocycles. The maximum Gasteiger partial charge on any atom is 0.133 e. The van der Waals surface area contributed by atoms with Gasteiger partial charge in [0.25, 0.3) is 0 Å². The van der Waals surface area contributed by atoms with Crippen LogP contribution >= 0.6 is 0 Å². The molecular weight excluding hydrogens is 162 g/mol. The van der Waals surface area contributed by atoms with Crippen molar-refractivity contribution in [2.24, 2.45) is 5.92 Å². The van der Waals surface area contributed by atoms with Crippen molar-refractivity contribution in [3.63, 3.8) is 0 Å². The van der Waals surface area contributed by atoms with E-state index in [4.69, 9.17) is 0 Å². The molecule has 0 aromatic carbocycles. The lowest BCUT2D eigenvalue weighted by Crippen LogP contribution is -2.06. The molecule has 1 heterocycles. The SMILES string of the molecule is CCn1cnnc1CC1CCCC1. The zero-order valence-electron chi connectivity index (χ0n) is 8.24. The molecule has 0 atom stereocenters. The summed E-state index contributed by atoms with van der Waals surface area (Å²) in [7, 11) is 0. The van der Waals surface area contributed by atoms with E-state index in [1.54, 1.807) is 0 Å². The Kier molecular flexibility index (Phi) is 2.62. The standard InChI is InChI=1S/C10H17N3/c1-2-13-8-11-12-10(13)7-9-5-3-4-6-9/h8-9H,2-7H2,1H3. The molecule has 1 aliphatic rings. The second-order valence-electron chi connectivity index (χ2n) is 3.89. The predicted octanol–water partition coefficient (Wildman–Crippen LogP) is 2.03. The van der Waals surface area contributed by atoms with Gasteiger partial charge in [-0.15, -0.1) is 10.2 Å². The van der Waals surface area contributed by atoms with Crippen molar-refractivity contribution in [3.8, 4) is 0 Å². The fraction of sp³-hybridized carbons (Fsp3) is 0.800. The van der Waals surface area contributed by atoms with Crippen molar-refractivity contribution in [2.45, 2.75) is 45.6 Å². The Labute approximate surface area is 79.2 Å². The molecule has 0 saturated heterocycles. The van der Waals surface area contributed by atoms with E-state index in [9.17, 15) is 0 Å². The van der Waals surface area contributed by atoms with Crippen LogP contribution in [0, 0.1) is 5.92 Å². The fourth-order valence-corrected chi connectivity index (χ4v) is 2.17. The van der Waals surface area contributed by atoms with E-state index >= 15 is 0 Å². The fourth-order valence-electron chi connectivity index (χ4n) is 2.17. The van der Waals surface area contributed by atoms with Crippen LogP contribution in [-0.2, 0) is 13.0 Å². The molecule has 13 heavy (non-hydrogen) atoms. The van der Waals surface area contributed by atoms with Gasteiger partial charge in [0.05, 0.1) is 0 Å².